The normalized spacial score (nSPS) is 10.5. The van der Waals surface area contributed by atoms with Crippen molar-refractivity contribution in [1.82, 2.24) is 9.78 Å². The Hall–Kier alpha value is -3.21. The molecule has 0 aliphatic heterocycles. The average Bonchev–Trinajstić information content (AvgIpc) is 3.01. The van der Waals surface area contributed by atoms with Gasteiger partial charge in [-0.1, -0.05) is 36.4 Å². The number of amides is 1. The minimum Gasteiger partial charge on any atom is -0.304 e. The van der Waals surface area contributed by atoms with Crippen LogP contribution in [0.2, 0.25) is 0 Å². The molecular weight excluding hydrogens is 317 g/mol. The molecule has 4 nitrogen and oxygen atoms in total. The smallest absolute Gasteiger partial charge is 0.262 e. The molecule has 0 saturated carbocycles. The molecule has 0 unspecified atom stereocenters. The number of hydrogen-bond donors (Lipinski definition) is 0. The molecule has 1 aromatic heterocycles. The Morgan fingerprint density at radius 3 is 2.56 bits per heavy atom. The van der Waals surface area contributed by atoms with Gasteiger partial charge in [0.1, 0.15) is 11.5 Å². The van der Waals surface area contributed by atoms with Crippen LogP contribution in [0.1, 0.15) is 16.1 Å². The van der Waals surface area contributed by atoms with Crippen LogP contribution in [-0.2, 0) is 0 Å². The van der Waals surface area contributed by atoms with E-state index >= 15 is 0 Å². The molecule has 0 fully saturated rings. The first-order chi connectivity index (χ1) is 12.1. The lowest BCUT2D eigenvalue weighted by atomic mass is 10.2. The minimum absolute atomic E-state index is 0.203. The van der Waals surface area contributed by atoms with Crippen LogP contribution < -0.4 is 4.90 Å². The van der Waals surface area contributed by atoms with Crippen LogP contribution in [0.5, 0.6) is 0 Å². The highest BCUT2D eigenvalue weighted by Gasteiger charge is 2.22. The van der Waals surface area contributed by atoms with Gasteiger partial charge in [-0.2, -0.15) is 5.10 Å². The largest absolute Gasteiger partial charge is 0.304 e. The van der Waals surface area contributed by atoms with Gasteiger partial charge in [0, 0.05) is 12.2 Å². The van der Waals surface area contributed by atoms with Crippen LogP contribution in [0.3, 0.4) is 0 Å². The zero-order chi connectivity index (χ0) is 17.8. The molecule has 2 aromatic carbocycles. The van der Waals surface area contributed by atoms with Crippen LogP contribution in [0.15, 0.2) is 73.4 Å². The van der Waals surface area contributed by atoms with Crippen LogP contribution >= 0.6 is 0 Å². The van der Waals surface area contributed by atoms with E-state index < -0.39 is 5.82 Å². The van der Waals surface area contributed by atoms with E-state index in [0.717, 1.165) is 5.69 Å². The molecule has 25 heavy (non-hydrogen) atoms. The lowest BCUT2D eigenvalue weighted by molar-refractivity contribution is 0.0989. The molecule has 0 N–H and O–H groups in total. The van der Waals surface area contributed by atoms with Gasteiger partial charge in [0.15, 0.2) is 0 Å². The van der Waals surface area contributed by atoms with Crippen LogP contribution in [0.25, 0.3) is 5.69 Å². The fraction of sp³-hybridized carbons (Fsp3) is 0.100. The molecule has 1 amide bonds. The summed E-state index contributed by atoms with van der Waals surface area (Å²) in [6, 6.07) is 15.7. The van der Waals surface area contributed by atoms with Crippen molar-refractivity contribution in [3.63, 3.8) is 0 Å². The Labute approximate surface area is 145 Å². The fourth-order valence-corrected chi connectivity index (χ4v) is 2.67. The fourth-order valence-electron chi connectivity index (χ4n) is 2.67. The molecule has 3 rings (SSSR count). The summed E-state index contributed by atoms with van der Waals surface area (Å²) >= 11 is 0. The molecule has 0 atom stereocenters. The predicted molar refractivity (Wildman–Crippen MR) is 96.6 cm³/mol. The summed E-state index contributed by atoms with van der Waals surface area (Å²) in [4.78, 5) is 14.6. The molecule has 3 aromatic rings. The van der Waals surface area contributed by atoms with Gasteiger partial charge >= 0.3 is 0 Å². The predicted octanol–water partition coefficient (Wildman–Crippen LogP) is 4.15. The van der Waals surface area contributed by atoms with Crippen molar-refractivity contribution < 1.29 is 9.18 Å². The average molecular weight is 335 g/mol. The first-order valence-corrected chi connectivity index (χ1v) is 7.91. The molecular formula is C20H18FN3O. The number of hydrogen-bond acceptors (Lipinski definition) is 2. The first kappa shape index (κ1) is 16.6. The Balaban J connectivity index is 2.00. The molecule has 5 heteroatoms. The van der Waals surface area contributed by atoms with Crippen molar-refractivity contribution >= 4 is 11.6 Å². The minimum atomic E-state index is -0.390. The molecule has 1 heterocycles. The Morgan fingerprint density at radius 2 is 1.88 bits per heavy atom. The second kappa shape index (κ2) is 7.13. The maximum Gasteiger partial charge on any atom is 0.262 e. The Morgan fingerprint density at radius 1 is 1.20 bits per heavy atom. The number of aromatic nitrogens is 2. The van der Waals surface area contributed by atoms with E-state index in [1.165, 1.54) is 16.9 Å². The Kier molecular flexibility index (Phi) is 4.75. The van der Waals surface area contributed by atoms with E-state index in [-0.39, 0.29) is 5.91 Å². The van der Waals surface area contributed by atoms with Crippen molar-refractivity contribution in [2.75, 3.05) is 11.4 Å². The summed E-state index contributed by atoms with van der Waals surface area (Å²) in [5, 5.41) is 4.21. The van der Waals surface area contributed by atoms with Crippen molar-refractivity contribution in [2.24, 2.45) is 0 Å². The molecule has 126 valence electrons. The summed E-state index contributed by atoms with van der Waals surface area (Å²) in [6.07, 6.45) is 3.14. The number of halogens is 1. The van der Waals surface area contributed by atoms with Gasteiger partial charge in [0.2, 0.25) is 0 Å². The number of benzene rings is 2. The lowest BCUT2D eigenvalue weighted by Crippen LogP contribution is -2.31. The first-order valence-electron chi connectivity index (χ1n) is 7.91. The number of rotatable bonds is 5. The van der Waals surface area contributed by atoms with Crippen molar-refractivity contribution in [2.45, 2.75) is 6.92 Å². The highest BCUT2D eigenvalue weighted by atomic mass is 19.1. The molecule has 0 aliphatic rings. The highest BCUT2D eigenvalue weighted by Crippen LogP contribution is 2.21. The third-order valence-electron chi connectivity index (χ3n) is 3.95. The summed E-state index contributed by atoms with van der Waals surface area (Å²) in [6.45, 7) is 5.85. The van der Waals surface area contributed by atoms with Crippen molar-refractivity contribution in [3.8, 4) is 5.69 Å². The quantitative estimate of drug-likeness (QED) is 0.657. The maximum atomic E-state index is 14.0. The topological polar surface area (TPSA) is 38.1 Å². The molecule has 0 bridgehead atoms. The zero-order valence-electron chi connectivity index (χ0n) is 13.9. The summed E-state index contributed by atoms with van der Waals surface area (Å²) in [7, 11) is 0. The van der Waals surface area contributed by atoms with E-state index in [4.69, 9.17) is 0 Å². The summed E-state index contributed by atoms with van der Waals surface area (Å²) < 4.78 is 15.5. The summed E-state index contributed by atoms with van der Waals surface area (Å²) in [5.74, 6) is -0.593. The number of para-hydroxylation sites is 2. The van der Waals surface area contributed by atoms with Gasteiger partial charge in [0.05, 0.1) is 17.5 Å². The van der Waals surface area contributed by atoms with E-state index in [9.17, 15) is 9.18 Å². The molecule has 0 saturated heterocycles. The van der Waals surface area contributed by atoms with Crippen LogP contribution in [0.4, 0.5) is 10.1 Å². The molecule has 0 aliphatic carbocycles. The van der Waals surface area contributed by atoms with Crippen molar-refractivity contribution in [1.29, 1.82) is 0 Å². The van der Waals surface area contributed by atoms with Crippen LogP contribution in [0, 0.1) is 12.7 Å². The molecule has 0 spiro atoms. The van der Waals surface area contributed by atoms with Gasteiger partial charge in [-0.05, 0) is 31.2 Å². The van der Waals surface area contributed by atoms with E-state index in [1.807, 2.05) is 30.3 Å². The third kappa shape index (κ3) is 3.21. The zero-order valence-corrected chi connectivity index (χ0v) is 13.9. The van der Waals surface area contributed by atoms with E-state index in [0.29, 0.717) is 23.5 Å². The summed E-state index contributed by atoms with van der Waals surface area (Å²) in [5.41, 5.74) is 2.09. The second-order valence-electron chi connectivity index (χ2n) is 5.55. The number of anilines is 1. The number of nitrogens with zero attached hydrogens (tertiary/aromatic N) is 3. The van der Waals surface area contributed by atoms with E-state index in [1.54, 1.807) is 36.1 Å². The maximum absolute atomic E-state index is 14.0. The van der Waals surface area contributed by atoms with Crippen molar-refractivity contribution in [3.05, 3.63) is 90.5 Å². The highest BCUT2D eigenvalue weighted by molar-refractivity contribution is 6.06. The van der Waals surface area contributed by atoms with Gasteiger partial charge in [-0.3, -0.25) is 4.79 Å². The number of carbonyl (C=O) groups is 1. The second-order valence-corrected chi connectivity index (χ2v) is 5.55. The van der Waals surface area contributed by atoms with Gasteiger partial charge in [0.25, 0.3) is 5.91 Å². The standard InChI is InChI=1S/C20H18FN3O/c1-3-13-23(16-9-5-4-6-10-16)20(25)17-14-22-24(15(17)2)19-12-8-7-11-18(19)21/h3-12,14H,1,13H2,2H3. The third-order valence-corrected chi connectivity index (χ3v) is 3.95. The van der Waals surface area contributed by atoms with Crippen LogP contribution in [-0.4, -0.2) is 22.2 Å². The number of carbonyl (C=O) groups excluding carboxylic acids is 1. The molecule has 0 radical (unpaired) electrons. The Bertz CT molecular complexity index is 902. The van der Waals surface area contributed by atoms with Gasteiger partial charge in [-0.15, -0.1) is 6.58 Å². The van der Waals surface area contributed by atoms with E-state index in [2.05, 4.69) is 11.7 Å². The monoisotopic (exact) mass is 335 g/mol. The lowest BCUT2D eigenvalue weighted by Gasteiger charge is -2.21. The van der Waals surface area contributed by atoms with Gasteiger partial charge in [-0.25, -0.2) is 9.07 Å². The van der Waals surface area contributed by atoms with Gasteiger partial charge < -0.3 is 4.90 Å². The SMILES string of the molecule is C=CCN(C(=O)c1cnn(-c2ccccc2F)c1C)c1ccccc1.